The first-order valence-electron chi connectivity index (χ1n) is 6.59. The zero-order valence-corrected chi connectivity index (χ0v) is 11.0. The molecular formula is C14H20N2O3. The maximum Gasteiger partial charge on any atom is 0.254 e. The fourth-order valence-electron chi connectivity index (χ4n) is 2.51. The Kier molecular flexibility index (Phi) is 3.95. The summed E-state index contributed by atoms with van der Waals surface area (Å²) in [6.45, 7) is 3.36. The van der Waals surface area contributed by atoms with E-state index in [4.69, 9.17) is 5.73 Å². The summed E-state index contributed by atoms with van der Waals surface area (Å²) in [5, 5.41) is 18.7. The van der Waals surface area contributed by atoms with Crippen LogP contribution in [0.5, 0.6) is 11.5 Å². The van der Waals surface area contributed by atoms with Crippen molar-refractivity contribution in [3.05, 3.63) is 23.8 Å². The molecule has 104 valence electrons. The van der Waals surface area contributed by atoms with Crippen molar-refractivity contribution in [3.63, 3.8) is 0 Å². The highest BCUT2D eigenvalue weighted by molar-refractivity contribution is 5.95. The molecular weight excluding hydrogens is 244 g/mol. The predicted molar refractivity (Wildman–Crippen MR) is 72.0 cm³/mol. The Morgan fingerprint density at radius 3 is 2.79 bits per heavy atom. The third kappa shape index (κ3) is 2.81. The van der Waals surface area contributed by atoms with Gasteiger partial charge in [-0.2, -0.15) is 0 Å². The molecule has 0 aliphatic carbocycles. The molecule has 1 amide bonds. The Morgan fingerprint density at radius 1 is 1.42 bits per heavy atom. The molecule has 0 bridgehead atoms. The Hall–Kier alpha value is -1.75. The predicted octanol–water partition coefficient (Wildman–Crippen LogP) is 1.30. The summed E-state index contributed by atoms with van der Waals surface area (Å²) in [5.74, 6) is -0.292. The third-order valence-electron chi connectivity index (χ3n) is 3.83. The molecule has 1 aliphatic heterocycles. The normalized spacial score (nSPS) is 23.4. The highest BCUT2D eigenvalue weighted by Gasteiger charge is 2.28. The standard InChI is InChI=1S/C14H20N2O3/c1-2-9-8-16(6-5-11(9)15)14(19)10-3-4-12(17)13(18)7-10/h3-4,7,9,11,17-18H,2,5-6,8,15H2,1H3. The van der Waals surface area contributed by atoms with Gasteiger partial charge in [-0.25, -0.2) is 0 Å². The van der Waals surface area contributed by atoms with Gasteiger partial charge in [-0.15, -0.1) is 0 Å². The molecule has 4 N–H and O–H groups in total. The van der Waals surface area contributed by atoms with E-state index in [0.717, 1.165) is 12.8 Å². The molecule has 1 fully saturated rings. The van der Waals surface area contributed by atoms with Crippen LogP contribution in [0.15, 0.2) is 18.2 Å². The monoisotopic (exact) mass is 264 g/mol. The van der Waals surface area contributed by atoms with Crippen molar-refractivity contribution >= 4 is 5.91 Å². The second kappa shape index (κ2) is 5.48. The highest BCUT2D eigenvalue weighted by atomic mass is 16.3. The van der Waals surface area contributed by atoms with Gasteiger partial charge in [0.15, 0.2) is 11.5 Å². The summed E-state index contributed by atoms with van der Waals surface area (Å²) >= 11 is 0. The minimum Gasteiger partial charge on any atom is -0.504 e. The van der Waals surface area contributed by atoms with Gasteiger partial charge in [0.1, 0.15) is 0 Å². The molecule has 1 aliphatic rings. The first kappa shape index (κ1) is 13.7. The molecule has 2 unspecified atom stereocenters. The van der Waals surface area contributed by atoms with Crippen LogP contribution in [-0.4, -0.2) is 40.2 Å². The second-order valence-electron chi connectivity index (χ2n) is 5.08. The minimum atomic E-state index is -0.272. The van der Waals surface area contributed by atoms with Crippen LogP contribution in [0.3, 0.4) is 0 Å². The first-order chi connectivity index (χ1) is 9.02. The molecule has 1 aromatic carbocycles. The Balaban J connectivity index is 2.13. The van der Waals surface area contributed by atoms with Gasteiger partial charge in [-0.1, -0.05) is 13.3 Å². The van der Waals surface area contributed by atoms with E-state index in [0.29, 0.717) is 24.6 Å². The lowest BCUT2D eigenvalue weighted by Gasteiger charge is -2.36. The van der Waals surface area contributed by atoms with Crippen LogP contribution in [0.4, 0.5) is 0 Å². The molecule has 0 saturated carbocycles. The fraction of sp³-hybridized carbons (Fsp3) is 0.500. The largest absolute Gasteiger partial charge is 0.504 e. The SMILES string of the molecule is CCC1CN(C(=O)c2ccc(O)c(O)c2)CCC1N. The van der Waals surface area contributed by atoms with E-state index in [-0.39, 0.29) is 23.4 Å². The van der Waals surface area contributed by atoms with Crippen molar-refractivity contribution in [2.24, 2.45) is 11.7 Å². The zero-order chi connectivity index (χ0) is 14.0. The quantitative estimate of drug-likeness (QED) is 0.703. The van der Waals surface area contributed by atoms with E-state index in [9.17, 15) is 15.0 Å². The number of amides is 1. The number of aromatic hydroxyl groups is 2. The van der Waals surface area contributed by atoms with Gasteiger partial charge in [-0.3, -0.25) is 4.79 Å². The summed E-state index contributed by atoms with van der Waals surface area (Å²) in [4.78, 5) is 14.1. The van der Waals surface area contributed by atoms with Crippen molar-refractivity contribution in [2.45, 2.75) is 25.8 Å². The number of likely N-dealkylation sites (tertiary alicyclic amines) is 1. The van der Waals surface area contributed by atoms with E-state index in [1.165, 1.54) is 18.2 Å². The van der Waals surface area contributed by atoms with Crippen molar-refractivity contribution in [1.29, 1.82) is 0 Å². The van der Waals surface area contributed by atoms with E-state index < -0.39 is 0 Å². The number of carbonyl (C=O) groups excluding carboxylic acids is 1. The number of rotatable bonds is 2. The number of phenolic OH excluding ortho intramolecular Hbond substituents is 2. The maximum atomic E-state index is 12.3. The van der Waals surface area contributed by atoms with Gasteiger partial charge in [-0.05, 0) is 30.5 Å². The number of piperidine rings is 1. The minimum absolute atomic E-state index is 0.124. The van der Waals surface area contributed by atoms with Gasteiger partial charge in [0.05, 0.1) is 0 Å². The zero-order valence-electron chi connectivity index (χ0n) is 11.0. The average Bonchev–Trinajstić information content (AvgIpc) is 2.41. The van der Waals surface area contributed by atoms with Crippen molar-refractivity contribution in [2.75, 3.05) is 13.1 Å². The summed E-state index contributed by atoms with van der Waals surface area (Å²) < 4.78 is 0. The molecule has 5 heteroatoms. The van der Waals surface area contributed by atoms with Crippen molar-refractivity contribution < 1.29 is 15.0 Å². The highest BCUT2D eigenvalue weighted by Crippen LogP contribution is 2.27. The lowest BCUT2D eigenvalue weighted by molar-refractivity contribution is 0.0648. The molecule has 0 aromatic heterocycles. The molecule has 0 spiro atoms. The van der Waals surface area contributed by atoms with Crippen LogP contribution < -0.4 is 5.73 Å². The Bertz CT molecular complexity index is 476. The van der Waals surface area contributed by atoms with Crippen LogP contribution in [-0.2, 0) is 0 Å². The summed E-state index contributed by atoms with van der Waals surface area (Å²) in [6.07, 6.45) is 1.75. The number of hydrogen-bond acceptors (Lipinski definition) is 4. The van der Waals surface area contributed by atoms with Crippen LogP contribution in [0, 0.1) is 5.92 Å². The van der Waals surface area contributed by atoms with Gasteiger partial charge in [0.2, 0.25) is 0 Å². The lowest BCUT2D eigenvalue weighted by Crippen LogP contribution is -2.49. The van der Waals surface area contributed by atoms with Crippen LogP contribution in [0.1, 0.15) is 30.1 Å². The van der Waals surface area contributed by atoms with Crippen LogP contribution in [0.25, 0.3) is 0 Å². The number of hydrogen-bond donors (Lipinski definition) is 3. The molecule has 2 rings (SSSR count). The van der Waals surface area contributed by atoms with E-state index in [1.807, 2.05) is 0 Å². The summed E-state index contributed by atoms with van der Waals surface area (Å²) in [7, 11) is 0. The average molecular weight is 264 g/mol. The van der Waals surface area contributed by atoms with Crippen LogP contribution in [0.2, 0.25) is 0 Å². The first-order valence-corrected chi connectivity index (χ1v) is 6.59. The Morgan fingerprint density at radius 2 is 2.16 bits per heavy atom. The van der Waals surface area contributed by atoms with Crippen LogP contribution >= 0.6 is 0 Å². The third-order valence-corrected chi connectivity index (χ3v) is 3.83. The smallest absolute Gasteiger partial charge is 0.254 e. The number of benzene rings is 1. The van der Waals surface area contributed by atoms with Gasteiger partial charge in [0.25, 0.3) is 5.91 Å². The maximum absolute atomic E-state index is 12.3. The molecule has 2 atom stereocenters. The van der Waals surface area contributed by atoms with E-state index in [1.54, 1.807) is 4.90 Å². The number of carbonyl (C=O) groups is 1. The summed E-state index contributed by atoms with van der Waals surface area (Å²) in [5.41, 5.74) is 6.41. The molecule has 1 saturated heterocycles. The molecule has 5 nitrogen and oxygen atoms in total. The number of nitrogens with zero attached hydrogens (tertiary/aromatic N) is 1. The van der Waals surface area contributed by atoms with Gasteiger partial charge < -0.3 is 20.8 Å². The Labute approximate surface area is 112 Å². The van der Waals surface area contributed by atoms with Crippen molar-refractivity contribution in [3.8, 4) is 11.5 Å². The lowest BCUT2D eigenvalue weighted by atomic mass is 9.90. The molecule has 1 aromatic rings. The van der Waals surface area contributed by atoms with Gasteiger partial charge >= 0.3 is 0 Å². The fourth-order valence-corrected chi connectivity index (χ4v) is 2.51. The molecule has 19 heavy (non-hydrogen) atoms. The van der Waals surface area contributed by atoms with E-state index in [2.05, 4.69) is 6.92 Å². The van der Waals surface area contributed by atoms with Gasteiger partial charge in [0, 0.05) is 24.7 Å². The molecule has 1 heterocycles. The van der Waals surface area contributed by atoms with Crippen molar-refractivity contribution in [1.82, 2.24) is 4.90 Å². The number of phenols is 2. The van der Waals surface area contributed by atoms with E-state index >= 15 is 0 Å². The second-order valence-corrected chi connectivity index (χ2v) is 5.08. The summed E-state index contributed by atoms with van der Waals surface area (Å²) in [6, 6.07) is 4.30. The topological polar surface area (TPSA) is 86.8 Å². The molecule has 0 radical (unpaired) electrons. The number of nitrogens with two attached hydrogens (primary N) is 1.